The minimum absolute atomic E-state index is 0.136. The molecule has 0 bridgehead atoms. The Kier molecular flexibility index (Phi) is 3.98. The van der Waals surface area contributed by atoms with E-state index in [-0.39, 0.29) is 12.0 Å². The van der Waals surface area contributed by atoms with E-state index in [2.05, 4.69) is 0 Å². The van der Waals surface area contributed by atoms with Crippen molar-refractivity contribution >= 4 is 11.8 Å². The van der Waals surface area contributed by atoms with Crippen molar-refractivity contribution in [1.29, 1.82) is 5.26 Å². The van der Waals surface area contributed by atoms with Gasteiger partial charge in [0, 0.05) is 11.5 Å². The van der Waals surface area contributed by atoms with Gasteiger partial charge in [-0.15, -0.1) is 0 Å². The van der Waals surface area contributed by atoms with Gasteiger partial charge in [0.05, 0.1) is 12.7 Å². The van der Waals surface area contributed by atoms with Crippen LogP contribution in [0.2, 0.25) is 0 Å². The molecule has 132 valence electrons. The third-order valence-electron chi connectivity index (χ3n) is 5.56. The van der Waals surface area contributed by atoms with E-state index in [4.69, 9.17) is 0 Å². The number of carbonyl (C=O) groups is 2. The zero-order valence-corrected chi connectivity index (χ0v) is 12.8. The Balaban J connectivity index is 1.86. The van der Waals surface area contributed by atoms with Crippen molar-refractivity contribution in [3.05, 3.63) is 0 Å². The fourth-order valence-corrected chi connectivity index (χ4v) is 3.90. The molecule has 3 aliphatic rings. The van der Waals surface area contributed by atoms with Crippen LogP contribution in [0.25, 0.3) is 0 Å². The lowest BCUT2D eigenvalue weighted by Crippen LogP contribution is -2.63. The van der Waals surface area contributed by atoms with Crippen molar-refractivity contribution in [2.75, 3.05) is 6.61 Å². The molecular weight excluding hydrogens is 327 g/mol. The van der Waals surface area contributed by atoms with Gasteiger partial charge < -0.3 is 15.3 Å². The van der Waals surface area contributed by atoms with E-state index in [1.807, 2.05) is 6.07 Å². The van der Waals surface area contributed by atoms with Crippen LogP contribution in [-0.2, 0) is 9.59 Å². The minimum Gasteiger partial charge on any atom is -0.396 e. The van der Waals surface area contributed by atoms with Gasteiger partial charge in [-0.3, -0.25) is 9.59 Å². The van der Waals surface area contributed by atoms with Crippen LogP contribution >= 0.6 is 0 Å². The predicted octanol–water partition coefficient (Wildman–Crippen LogP) is 0.709. The molecule has 24 heavy (non-hydrogen) atoms. The SMILES string of the molecule is N#CC1CC2CC2N1C(=O)C(NC(=O)C(F)(F)F)C1(CO)CCC1. The van der Waals surface area contributed by atoms with Crippen molar-refractivity contribution in [1.82, 2.24) is 10.2 Å². The quantitative estimate of drug-likeness (QED) is 0.785. The first-order valence-electron chi connectivity index (χ1n) is 7.94. The third-order valence-corrected chi connectivity index (χ3v) is 5.56. The monoisotopic (exact) mass is 345 g/mol. The van der Waals surface area contributed by atoms with Crippen LogP contribution in [-0.4, -0.2) is 52.7 Å². The lowest BCUT2D eigenvalue weighted by Gasteiger charge is -2.47. The molecule has 0 radical (unpaired) electrons. The molecule has 2 N–H and O–H groups in total. The summed E-state index contributed by atoms with van der Waals surface area (Å²) in [4.78, 5) is 25.6. The molecule has 9 heteroatoms. The number of nitriles is 1. The van der Waals surface area contributed by atoms with Crippen LogP contribution in [0.4, 0.5) is 13.2 Å². The number of aliphatic hydroxyl groups is 1. The highest BCUT2D eigenvalue weighted by Crippen LogP contribution is 2.50. The predicted molar refractivity (Wildman–Crippen MR) is 74.1 cm³/mol. The summed E-state index contributed by atoms with van der Waals surface area (Å²) >= 11 is 0. The number of alkyl halides is 3. The maximum atomic E-state index is 12.9. The van der Waals surface area contributed by atoms with Crippen LogP contribution in [0.5, 0.6) is 0 Å². The highest BCUT2D eigenvalue weighted by molar-refractivity contribution is 5.91. The molecular formula is C15H18F3N3O3. The van der Waals surface area contributed by atoms with Gasteiger partial charge in [-0.05, 0) is 31.6 Å². The molecule has 2 aliphatic carbocycles. The van der Waals surface area contributed by atoms with Crippen molar-refractivity contribution in [3.63, 3.8) is 0 Å². The number of likely N-dealkylation sites (tertiary alicyclic amines) is 1. The van der Waals surface area contributed by atoms with Gasteiger partial charge in [-0.2, -0.15) is 18.4 Å². The van der Waals surface area contributed by atoms with E-state index in [9.17, 15) is 33.1 Å². The topological polar surface area (TPSA) is 93.4 Å². The molecule has 0 aromatic rings. The molecule has 0 spiro atoms. The number of halogens is 3. The highest BCUT2D eigenvalue weighted by Gasteiger charge is 2.59. The minimum atomic E-state index is -5.11. The number of rotatable bonds is 4. The van der Waals surface area contributed by atoms with Crippen molar-refractivity contribution in [2.45, 2.75) is 56.4 Å². The summed E-state index contributed by atoms with van der Waals surface area (Å²) in [6.45, 7) is -0.485. The second-order valence-corrected chi connectivity index (χ2v) is 6.97. The number of carbonyl (C=O) groups excluding carboxylic acids is 2. The zero-order valence-electron chi connectivity index (χ0n) is 12.8. The summed E-state index contributed by atoms with van der Waals surface area (Å²) in [5.74, 6) is -2.66. The van der Waals surface area contributed by atoms with Gasteiger partial charge in [0.2, 0.25) is 5.91 Å². The Morgan fingerprint density at radius 2 is 2.04 bits per heavy atom. The first kappa shape index (κ1) is 17.0. The van der Waals surface area contributed by atoms with Gasteiger partial charge in [0.1, 0.15) is 12.1 Å². The Hall–Kier alpha value is -1.82. The van der Waals surface area contributed by atoms with Crippen LogP contribution in [0, 0.1) is 22.7 Å². The largest absolute Gasteiger partial charge is 0.471 e. The van der Waals surface area contributed by atoms with Gasteiger partial charge in [-0.25, -0.2) is 0 Å². The number of fused-ring (bicyclic) bond motifs is 1. The van der Waals surface area contributed by atoms with Crippen molar-refractivity contribution < 1.29 is 27.9 Å². The molecule has 6 nitrogen and oxygen atoms in total. The van der Waals surface area contributed by atoms with Gasteiger partial charge in [-0.1, -0.05) is 6.42 Å². The lowest BCUT2D eigenvalue weighted by molar-refractivity contribution is -0.178. The number of hydrogen-bond acceptors (Lipinski definition) is 4. The van der Waals surface area contributed by atoms with Crippen LogP contribution in [0.15, 0.2) is 0 Å². The molecule has 1 heterocycles. The summed E-state index contributed by atoms with van der Waals surface area (Å²) in [6, 6.07) is -0.265. The number of nitrogens with zero attached hydrogens (tertiary/aromatic N) is 2. The molecule has 1 saturated heterocycles. The van der Waals surface area contributed by atoms with E-state index in [0.29, 0.717) is 25.7 Å². The lowest BCUT2D eigenvalue weighted by atomic mass is 9.64. The van der Waals surface area contributed by atoms with E-state index < -0.39 is 42.1 Å². The van der Waals surface area contributed by atoms with Crippen molar-refractivity contribution in [3.8, 4) is 6.07 Å². The molecule has 0 aromatic heterocycles. The standard InChI is InChI=1S/C15H18F3N3O3/c16-15(17,18)13(24)20-11(14(7-22)2-1-3-14)12(23)21-9(6-19)4-8-5-10(8)21/h8-11,22H,1-5,7H2,(H,20,24). The van der Waals surface area contributed by atoms with E-state index in [1.54, 1.807) is 5.32 Å². The summed E-state index contributed by atoms with van der Waals surface area (Å²) < 4.78 is 37.9. The van der Waals surface area contributed by atoms with Crippen LogP contribution < -0.4 is 5.32 Å². The van der Waals surface area contributed by atoms with Gasteiger partial charge >= 0.3 is 12.1 Å². The summed E-state index contributed by atoms with van der Waals surface area (Å²) in [7, 11) is 0. The maximum Gasteiger partial charge on any atom is 0.471 e. The normalized spacial score (nSPS) is 31.5. The molecule has 4 unspecified atom stereocenters. The number of piperidine rings is 1. The average molecular weight is 345 g/mol. The van der Waals surface area contributed by atoms with E-state index >= 15 is 0 Å². The first-order valence-corrected chi connectivity index (χ1v) is 7.94. The van der Waals surface area contributed by atoms with Crippen LogP contribution in [0.1, 0.15) is 32.1 Å². The van der Waals surface area contributed by atoms with E-state index in [1.165, 1.54) is 4.90 Å². The summed E-state index contributed by atoms with van der Waals surface area (Å²) in [5.41, 5.74) is -1.08. The second kappa shape index (κ2) is 5.62. The van der Waals surface area contributed by atoms with Crippen molar-refractivity contribution in [2.24, 2.45) is 11.3 Å². The number of nitrogens with one attached hydrogen (secondary N) is 1. The molecule has 3 fully saturated rings. The molecule has 1 aliphatic heterocycles. The molecule has 3 rings (SSSR count). The first-order chi connectivity index (χ1) is 11.2. The number of hydrogen-bond donors (Lipinski definition) is 2. The van der Waals surface area contributed by atoms with E-state index in [0.717, 1.165) is 6.42 Å². The van der Waals surface area contributed by atoms with Gasteiger partial charge in [0.15, 0.2) is 0 Å². The smallest absolute Gasteiger partial charge is 0.396 e. The number of aliphatic hydroxyl groups excluding tert-OH is 1. The molecule has 2 saturated carbocycles. The average Bonchev–Trinajstić information content (AvgIpc) is 3.14. The second-order valence-electron chi connectivity index (χ2n) is 6.97. The van der Waals surface area contributed by atoms with Gasteiger partial charge in [0.25, 0.3) is 0 Å². The fourth-order valence-electron chi connectivity index (χ4n) is 3.90. The summed E-state index contributed by atoms with van der Waals surface area (Å²) in [5, 5.41) is 20.6. The Morgan fingerprint density at radius 3 is 2.50 bits per heavy atom. The Labute approximate surface area is 136 Å². The third kappa shape index (κ3) is 2.62. The molecule has 4 atom stereocenters. The summed E-state index contributed by atoms with van der Waals surface area (Å²) in [6.07, 6.45) is -2.48. The maximum absolute atomic E-state index is 12.9. The fraction of sp³-hybridized carbons (Fsp3) is 0.800. The van der Waals surface area contributed by atoms with Crippen LogP contribution in [0.3, 0.4) is 0 Å². The Bertz CT molecular complexity index is 591. The zero-order chi connectivity index (χ0) is 17.7. The molecule has 0 aromatic carbocycles. The Morgan fingerprint density at radius 1 is 1.38 bits per heavy atom. The highest BCUT2D eigenvalue weighted by atomic mass is 19.4. The molecule has 2 amide bonds. The number of amides is 2.